The van der Waals surface area contributed by atoms with E-state index in [2.05, 4.69) is 5.32 Å². The van der Waals surface area contributed by atoms with Crippen LogP contribution in [0, 0.1) is 12.8 Å². The van der Waals surface area contributed by atoms with E-state index in [9.17, 15) is 19.5 Å². The Morgan fingerprint density at radius 1 is 1.38 bits per heavy atom. The molecular formula is C14H17N3O4. The minimum absolute atomic E-state index is 0.0662. The molecule has 0 aromatic heterocycles. The highest BCUT2D eigenvalue weighted by Crippen LogP contribution is 2.22. The Labute approximate surface area is 121 Å². The standard InChI is InChI=1S/C14H17N3O4/c1-8-3-2-4-10(11(8)13(19)20)16-14(21)17-6-5-9(7-17)12(15)18/h2-4,9H,5-7H2,1H3,(H2,15,18)(H,16,21)(H,19,20). The summed E-state index contributed by atoms with van der Waals surface area (Å²) in [5.74, 6) is -1.86. The van der Waals surface area contributed by atoms with Gasteiger partial charge in [0, 0.05) is 13.1 Å². The summed E-state index contributed by atoms with van der Waals surface area (Å²) in [6.07, 6.45) is 0.530. The van der Waals surface area contributed by atoms with Gasteiger partial charge in [-0.3, -0.25) is 4.79 Å². The van der Waals surface area contributed by atoms with Gasteiger partial charge in [-0.2, -0.15) is 0 Å². The number of nitrogens with two attached hydrogens (primary N) is 1. The van der Waals surface area contributed by atoms with Crippen molar-refractivity contribution < 1.29 is 19.5 Å². The minimum atomic E-state index is -1.10. The number of carboxylic acid groups (broad SMARTS) is 1. The van der Waals surface area contributed by atoms with Crippen LogP contribution in [0.25, 0.3) is 0 Å². The smallest absolute Gasteiger partial charge is 0.338 e. The number of hydrogen-bond acceptors (Lipinski definition) is 3. The fourth-order valence-electron chi connectivity index (χ4n) is 2.43. The average Bonchev–Trinajstić information content (AvgIpc) is 2.88. The maximum absolute atomic E-state index is 12.1. The van der Waals surface area contributed by atoms with Gasteiger partial charge in [-0.05, 0) is 25.0 Å². The van der Waals surface area contributed by atoms with Gasteiger partial charge in [0.1, 0.15) is 0 Å². The van der Waals surface area contributed by atoms with Crippen molar-refractivity contribution >= 4 is 23.6 Å². The fourth-order valence-corrected chi connectivity index (χ4v) is 2.43. The first-order chi connectivity index (χ1) is 9.90. The molecule has 7 nitrogen and oxygen atoms in total. The maximum Gasteiger partial charge on any atom is 0.338 e. The van der Waals surface area contributed by atoms with Crippen molar-refractivity contribution in [2.75, 3.05) is 18.4 Å². The number of nitrogens with one attached hydrogen (secondary N) is 1. The van der Waals surface area contributed by atoms with Gasteiger partial charge in [0.05, 0.1) is 17.2 Å². The predicted molar refractivity (Wildman–Crippen MR) is 76.0 cm³/mol. The molecule has 0 saturated carbocycles. The molecule has 4 N–H and O–H groups in total. The molecule has 1 fully saturated rings. The van der Waals surface area contributed by atoms with Crippen LogP contribution in [0.3, 0.4) is 0 Å². The first-order valence-corrected chi connectivity index (χ1v) is 6.58. The van der Waals surface area contributed by atoms with E-state index in [-0.39, 0.29) is 23.7 Å². The number of likely N-dealkylation sites (tertiary alicyclic amines) is 1. The van der Waals surface area contributed by atoms with Crippen molar-refractivity contribution in [3.8, 4) is 0 Å². The zero-order valence-corrected chi connectivity index (χ0v) is 11.6. The largest absolute Gasteiger partial charge is 0.478 e. The van der Waals surface area contributed by atoms with Crippen molar-refractivity contribution in [2.45, 2.75) is 13.3 Å². The molecule has 1 aliphatic heterocycles. The van der Waals surface area contributed by atoms with E-state index in [1.165, 1.54) is 11.0 Å². The number of amides is 3. The lowest BCUT2D eigenvalue weighted by molar-refractivity contribution is -0.121. The topological polar surface area (TPSA) is 113 Å². The number of primary amides is 1. The number of nitrogens with zero attached hydrogens (tertiary/aromatic N) is 1. The summed E-state index contributed by atoms with van der Waals surface area (Å²) in [4.78, 5) is 36.0. The molecule has 0 bridgehead atoms. The summed E-state index contributed by atoms with van der Waals surface area (Å²) in [7, 11) is 0. The fraction of sp³-hybridized carbons (Fsp3) is 0.357. The highest BCUT2D eigenvalue weighted by molar-refractivity contribution is 6.01. The second-order valence-corrected chi connectivity index (χ2v) is 5.07. The molecule has 1 aromatic rings. The molecule has 112 valence electrons. The highest BCUT2D eigenvalue weighted by Gasteiger charge is 2.30. The molecule has 21 heavy (non-hydrogen) atoms. The monoisotopic (exact) mass is 291 g/mol. The van der Waals surface area contributed by atoms with E-state index in [0.717, 1.165) is 0 Å². The van der Waals surface area contributed by atoms with Crippen LogP contribution in [-0.4, -0.2) is 41.0 Å². The number of aromatic carboxylic acids is 1. The Balaban J connectivity index is 2.12. The molecule has 2 rings (SSSR count). The lowest BCUT2D eigenvalue weighted by Gasteiger charge is -2.18. The Hall–Kier alpha value is -2.57. The normalized spacial score (nSPS) is 17.6. The predicted octanol–water partition coefficient (Wildman–Crippen LogP) is 1.03. The van der Waals surface area contributed by atoms with E-state index in [1.54, 1.807) is 19.1 Å². The van der Waals surface area contributed by atoms with Crippen LogP contribution in [0.2, 0.25) is 0 Å². The third-order valence-electron chi connectivity index (χ3n) is 3.61. The number of anilines is 1. The van der Waals surface area contributed by atoms with Crippen LogP contribution in [-0.2, 0) is 4.79 Å². The highest BCUT2D eigenvalue weighted by atomic mass is 16.4. The van der Waals surface area contributed by atoms with E-state index >= 15 is 0 Å². The Bertz CT molecular complexity index is 600. The van der Waals surface area contributed by atoms with Crippen LogP contribution in [0.15, 0.2) is 18.2 Å². The summed E-state index contributed by atoms with van der Waals surface area (Å²) in [5, 5.41) is 11.8. The first kappa shape index (κ1) is 14.8. The van der Waals surface area contributed by atoms with Crippen LogP contribution >= 0.6 is 0 Å². The summed E-state index contributed by atoms with van der Waals surface area (Å²) in [5.41, 5.74) is 6.10. The molecule has 1 unspecified atom stereocenters. The average molecular weight is 291 g/mol. The molecule has 0 aliphatic carbocycles. The van der Waals surface area contributed by atoms with Gasteiger partial charge >= 0.3 is 12.0 Å². The van der Waals surface area contributed by atoms with E-state index in [1.807, 2.05) is 0 Å². The molecule has 0 radical (unpaired) electrons. The van der Waals surface area contributed by atoms with Crippen LogP contribution in [0.4, 0.5) is 10.5 Å². The summed E-state index contributed by atoms with van der Waals surface area (Å²) in [6.45, 7) is 2.35. The molecule has 3 amide bonds. The molecule has 0 spiro atoms. The van der Waals surface area contributed by atoms with Crippen molar-refractivity contribution in [1.29, 1.82) is 0 Å². The molecule has 1 aromatic carbocycles. The number of urea groups is 1. The number of hydrogen-bond donors (Lipinski definition) is 3. The molecule has 1 aliphatic rings. The third kappa shape index (κ3) is 3.13. The Morgan fingerprint density at radius 2 is 2.10 bits per heavy atom. The van der Waals surface area contributed by atoms with Crippen LogP contribution in [0.1, 0.15) is 22.3 Å². The Kier molecular flexibility index (Phi) is 4.11. The van der Waals surface area contributed by atoms with E-state index in [4.69, 9.17) is 5.73 Å². The van der Waals surface area contributed by atoms with Gasteiger partial charge in [-0.15, -0.1) is 0 Å². The molecular weight excluding hydrogens is 274 g/mol. The van der Waals surface area contributed by atoms with Crippen molar-refractivity contribution in [2.24, 2.45) is 11.7 Å². The lowest BCUT2D eigenvalue weighted by atomic mass is 10.1. The van der Waals surface area contributed by atoms with Gasteiger partial charge in [0.2, 0.25) is 5.91 Å². The first-order valence-electron chi connectivity index (χ1n) is 6.58. The van der Waals surface area contributed by atoms with E-state index in [0.29, 0.717) is 18.5 Å². The summed E-state index contributed by atoms with van der Waals surface area (Å²) in [6, 6.07) is 4.45. The number of carbonyl (C=O) groups excluding carboxylic acids is 2. The molecule has 1 heterocycles. The van der Waals surface area contributed by atoms with Crippen molar-refractivity contribution in [3.63, 3.8) is 0 Å². The van der Waals surface area contributed by atoms with Crippen molar-refractivity contribution in [3.05, 3.63) is 29.3 Å². The second kappa shape index (κ2) is 5.82. The zero-order valence-electron chi connectivity index (χ0n) is 11.6. The van der Waals surface area contributed by atoms with Crippen LogP contribution in [0.5, 0.6) is 0 Å². The third-order valence-corrected chi connectivity index (χ3v) is 3.61. The number of carboxylic acids is 1. The van der Waals surface area contributed by atoms with Gasteiger partial charge in [0.15, 0.2) is 0 Å². The minimum Gasteiger partial charge on any atom is -0.478 e. The second-order valence-electron chi connectivity index (χ2n) is 5.07. The number of rotatable bonds is 3. The van der Waals surface area contributed by atoms with Gasteiger partial charge in [0.25, 0.3) is 0 Å². The van der Waals surface area contributed by atoms with Gasteiger partial charge < -0.3 is 21.1 Å². The summed E-state index contributed by atoms with van der Waals surface area (Å²) < 4.78 is 0. The number of aryl methyl sites for hydroxylation is 1. The molecule has 1 atom stereocenters. The quantitative estimate of drug-likeness (QED) is 0.772. The summed E-state index contributed by atoms with van der Waals surface area (Å²) >= 11 is 0. The molecule has 7 heteroatoms. The van der Waals surface area contributed by atoms with E-state index < -0.39 is 17.9 Å². The molecule has 1 saturated heterocycles. The van der Waals surface area contributed by atoms with Gasteiger partial charge in [-0.25, -0.2) is 9.59 Å². The Morgan fingerprint density at radius 3 is 2.67 bits per heavy atom. The maximum atomic E-state index is 12.1. The van der Waals surface area contributed by atoms with Crippen molar-refractivity contribution in [1.82, 2.24) is 4.90 Å². The zero-order chi connectivity index (χ0) is 15.6. The SMILES string of the molecule is Cc1cccc(NC(=O)N2CCC(C(N)=O)C2)c1C(=O)O. The lowest BCUT2D eigenvalue weighted by Crippen LogP contribution is -2.35. The number of benzene rings is 1. The van der Waals surface area contributed by atoms with Crippen LogP contribution < -0.4 is 11.1 Å². The number of carbonyl (C=O) groups is 3. The van der Waals surface area contributed by atoms with Gasteiger partial charge in [-0.1, -0.05) is 12.1 Å².